The summed E-state index contributed by atoms with van der Waals surface area (Å²) in [7, 11) is 0. The van der Waals surface area contributed by atoms with Gasteiger partial charge in [-0.25, -0.2) is 0 Å². The third-order valence-corrected chi connectivity index (χ3v) is 1.40. The van der Waals surface area contributed by atoms with Gasteiger partial charge in [-0.3, -0.25) is 0 Å². The predicted molar refractivity (Wildman–Crippen MR) is 45.2 cm³/mol. The zero-order valence-corrected chi connectivity index (χ0v) is 7.31. The summed E-state index contributed by atoms with van der Waals surface area (Å²) < 4.78 is 5.21. The Kier molecular flexibility index (Phi) is 6.61. The minimum atomic E-state index is 0.914. The molecule has 0 aliphatic carbocycles. The van der Waals surface area contributed by atoms with Crippen LogP contribution in [0.25, 0.3) is 0 Å². The Morgan fingerprint density at radius 3 is 2.70 bits per heavy atom. The van der Waals surface area contributed by atoms with Gasteiger partial charge in [0.25, 0.3) is 0 Å². The Morgan fingerprint density at radius 1 is 1.30 bits per heavy atom. The van der Waals surface area contributed by atoms with Crippen LogP contribution in [0.15, 0.2) is 11.6 Å². The lowest BCUT2D eigenvalue weighted by atomic mass is 10.2. The van der Waals surface area contributed by atoms with Crippen molar-refractivity contribution < 1.29 is 4.74 Å². The summed E-state index contributed by atoms with van der Waals surface area (Å²) in [4.78, 5) is 0. The minimum absolute atomic E-state index is 0.914. The molecule has 10 heavy (non-hydrogen) atoms. The number of ether oxygens (including phenoxy) is 1. The third-order valence-electron chi connectivity index (χ3n) is 1.40. The monoisotopic (exact) mass is 142 g/mol. The van der Waals surface area contributed by atoms with Gasteiger partial charge in [0.05, 0.1) is 13.2 Å². The van der Waals surface area contributed by atoms with Gasteiger partial charge in [-0.1, -0.05) is 25.5 Å². The highest BCUT2D eigenvalue weighted by Crippen LogP contribution is 2.05. The van der Waals surface area contributed by atoms with E-state index in [1.54, 1.807) is 0 Å². The van der Waals surface area contributed by atoms with E-state index in [1.165, 1.54) is 5.57 Å². The fourth-order valence-electron chi connectivity index (χ4n) is 0.826. The van der Waals surface area contributed by atoms with Crippen LogP contribution in [0.5, 0.6) is 0 Å². The van der Waals surface area contributed by atoms with E-state index in [1.807, 2.05) is 13.8 Å². The molecule has 0 radical (unpaired) electrons. The van der Waals surface area contributed by atoms with Crippen molar-refractivity contribution in [1.29, 1.82) is 0 Å². The van der Waals surface area contributed by atoms with Crippen molar-refractivity contribution in [3.63, 3.8) is 0 Å². The van der Waals surface area contributed by atoms with Crippen molar-refractivity contribution >= 4 is 0 Å². The fourth-order valence-corrected chi connectivity index (χ4v) is 0.826. The zero-order chi connectivity index (χ0) is 7.82. The Bertz CT molecular complexity index is 94.9. The van der Waals surface area contributed by atoms with Gasteiger partial charge in [0.2, 0.25) is 0 Å². The van der Waals surface area contributed by atoms with Gasteiger partial charge in [0.1, 0.15) is 0 Å². The zero-order valence-electron chi connectivity index (χ0n) is 7.31. The summed E-state index contributed by atoms with van der Waals surface area (Å²) in [5.74, 6) is 0. The Morgan fingerprint density at radius 2 is 2.00 bits per heavy atom. The molecule has 0 aromatic heterocycles. The summed E-state index contributed by atoms with van der Waals surface area (Å²) >= 11 is 0. The maximum absolute atomic E-state index is 5.21. The maximum Gasteiger partial charge on any atom is 0.0503 e. The summed E-state index contributed by atoms with van der Waals surface area (Å²) in [6.07, 6.45) is 4.48. The van der Waals surface area contributed by atoms with E-state index in [9.17, 15) is 0 Å². The molecule has 0 atom stereocenters. The van der Waals surface area contributed by atoms with Gasteiger partial charge in [-0.05, 0) is 19.8 Å². The lowest BCUT2D eigenvalue weighted by Crippen LogP contribution is -1.90. The topological polar surface area (TPSA) is 9.23 Å². The molecule has 1 aliphatic rings. The van der Waals surface area contributed by atoms with Crippen molar-refractivity contribution in [2.45, 2.75) is 33.6 Å². The van der Waals surface area contributed by atoms with Crippen LogP contribution in [-0.2, 0) is 4.74 Å². The molecule has 0 aromatic carbocycles. The first-order valence-electron chi connectivity index (χ1n) is 4.13. The largest absolute Gasteiger partial charge is 0.381 e. The first-order chi connectivity index (χ1) is 4.89. The number of hydrogen-bond acceptors (Lipinski definition) is 1. The predicted octanol–water partition coefficient (Wildman–Crippen LogP) is 2.77. The van der Waals surface area contributed by atoms with Gasteiger partial charge in [0, 0.05) is 0 Å². The van der Waals surface area contributed by atoms with Crippen LogP contribution in [0.3, 0.4) is 0 Å². The van der Waals surface area contributed by atoms with E-state index in [4.69, 9.17) is 4.74 Å². The second kappa shape index (κ2) is 6.81. The average molecular weight is 142 g/mol. The van der Waals surface area contributed by atoms with Crippen LogP contribution in [0, 0.1) is 0 Å². The molecule has 1 heteroatoms. The van der Waals surface area contributed by atoms with Crippen molar-refractivity contribution in [3.8, 4) is 0 Å². The lowest BCUT2D eigenvalue weighted by Gasteiger charge is -1.94. The van der Waals surface area contributed by atoms with Gasteiger partial charge in [0.15, 0.2) is 0 Å². The van der Waals surface area contributed by atoms with Crippen LogP contribution in [0.1, 0.15) is 33.6 Å². The molecule has 0 bridgehead atoms. The summed E-state index contributed by atoms with van der Waals surface area (Å²) in [5, 5.41) is 0. The van der Waals surface area contributed by atoms with E-state index in [-0.39, 0.29) is 0 Å². The summed E-state index contributed by atoms with van der Waals surface area (Å²) in [5.41, 5.74) is 1.47. The Labute approximate surface area is 64.1 Å². The fraction of sp³-hybridized carbons (Fsp3) is 0.778. The molecule has 1 nitrogen and oxygen atoms in total. The van der Waals surface area contributed by atoms with Gasteiger partial charge >= 0.3 is 0 Å². The Hall–Kier alpha value is -0.300. The highest BCUT2D eigenvalue weighted by Gasteiger charge is 1.94. The molecule has 60 valence electrons. The van der Waals surface area contributed by atoms with Crippen LogP contribution >= 0.6 is 0 Å². The summed E-state index contributed by atoms with van der Waals surface area (Å²) in [6.45, 7) is 7.99. The first-order valence-corrected chi connectivity index (χ1v) is 4.13. The number of rotatable bonds is 0. The molecule has 0 amide bonds. The van der Waals surface area contributed by atoms with E-state index in [2.05, 4.69) is 13.0 Å². The van der Waals surface area contributed by atoms with Crippen LogP contribution in [-0.4, -0.2) is 13.2 Å². The SMILES string of the molecule is CC.CC1=CCCOCC1. The second-order valence-corrected chi connectivity index (χ2v) is 2.20. The smallest absolute Gasteiger partial charge is 0.0503 e. The quantitative estimate of drug-likeness (QED) is 0.472. The molecule has 0 N–H and O–H groups in total. The second-order valence-electron chi connectivity index (χ2n) is 2.20. The van der Waals surface area contributed by atoms with Crippen LogP contribution < -0.4 is 0 Å². The van der Waals surface area contributed by atoms with E-state index in [0.29, 0.717) is 0 Å². The molecular weight excluding hydrogens is 124 g/mol. The molecule has 0 unspecified atom stereocenters. The lowest BCUT2D eigenvalue weighted by molar-refractivity contribution is 0.147. The number of hydrogen-bond donors (Lipinski definition) is 0. The van der Waals surface area contributed by atoms with E-state index < -0.39 is 0 Å². The molecule has 0 saturated heterocycles. The standard InChI is InChI=1S/C7H12O.C2H6/c1-7-3-2-5-8-6-4-7;1-2/h3H,2,4-6H2,1H3;1-2H3. The Balaban J connectivity index is 0.000000371. The van der Waals surface area contributed by atoms with Crippen LogP contribution in [0.2, 0.25) is 0 Å². The highest BCUT2D eigenvalue weighted by atomic mass is 16.5. The average Bonchev–Trinajstić information content (AvgIpc) is 2.21. The van der Waals surface area contributed by atoms with Gasteiger partial charge in [-0.2, -0.15) is 0 Å². The van der Waals surface area contributed by atoms with Crippen molar-refractivity contribution in [2.75, 3.05) is 13.2 Å². The van der Waals surface area contributed by atoms with Crippen molar-refractivity contribution in [2.24, 2.45) is 0 Å². The molecule has 1 rings (SSSR count). The minimum Gasteiger partial charge on any atom is -0.381 e. The van der Waals surface area contributed by atoms with Crippen molar-refractivity contribution in [1.82, 2.24) is 0 Å². The van der Waals surface area contributed by atoms with Gasteiger partial charge in [-0.15, -0.1) is 0 Å². The van der Waals surface area contributed by atoms with Crippen LogP contribution in [0.4, 0.5) is 0 Å². The third kappa shape index (κ3) is 4.57. The first kappa shape index (κ1) is 9.70. The maximum atomic E-state index is 5.21. The van der Waals surface area contributed by atoms with Crippen molar-refractivity contribution in [3.05, 3.63) is 11.6 Å². The molecule has 0 saturated carbocycles. The molecule has 0 aromatic rings. The molecular formula is C9H18O. The van der Waals surface area contributed by atoms with Gasteiger partial charge < -0.3 is 4.74 Å². The van der Waals surface area contributed by atoms with E-state index >= 15 is 0 Å². The highest BCUT2D eigenvalue weighted by molar-refractivity contribution is 4.98. The summed E-state index contributed by atoms with van der Waals surface area (Å²) in [6, 6.07) is 0. The normalized spacial score (nSPS) is 18.1. The van der Waals surface area contributed by atoms with E-state index in [0.717, 1.165) is 26.1 Å². The molecule has 1 aliphatic heterocycles. The molecule has 1 heterocycles. The molecule has 0 spiro atoms. The molecule has 0 fully saturated rings.